The lowest BCUT2D eigenvalue weighted by molar-refractivity contribution is 0.483. The fraction of sp³-hybridized carbons (Fsp3) is 0.125. The van der Waals surface area contributed by atoms with E-state index in [-0.39, 0.29) is 0 Å². The summed E-state index contributed by atoms with van der Waals surface area (Å²) in [6.45, 7) is 0. The highest BCUT2D eigenvalue weighted by Gasteiger charge is 2.12. The van der Waals surface area contributed by atoms with Gasteiger partial charge in [0.15, 0.2) is 11.6 Å². The molecule has 0 fully saturated rings. The Morgan fingerprint density at radius 1 is 1.17 bits per heavy atom. The van der Waals surface area contributed by atoms with Gasteiger partial charge in [-0.2, -0.15) is 5.26 Å². The topological polar surface area (TPSA) is 23.8 Å². The molecule has 0 aliphatic rings. The van der Waals surface area contributed by atoms with Crippen LogP contribution in [0.3, 0.4) is 0 Å². The van der Waals surface area contributed by atoms with E-state index in [0.717, 1.165) is 6.07 Å². The second-order valence-corrected chi connectivity index (χ2v) is 2.16. The summed E-state index contributed by atoms with van der Waals surface area (Å²) < 4.78 is 37.8. The predicted octanol–water partition coefficient (Wildman–Crippen LogP) is 2.17. The van der Waals surface area contributed by atoms with Crippen molar-refractivity contribution in [3.63, 3.8) is 0 Å². The van der Waals surface area contributed by atoms with E-state index in [9.17, 15) is 13.2 Å². The monoisotopic (exact) mass is 171 g/mol. The molecule has 0 N–H and O–H groups in total. The van der Waals surface area contributed by atoms with Crippen molar-refractivity contribution in [1.82, 2.24) is 0 Å². The molecule has 0 radical (unpaired) electrons. The molecule has 0 aliphatic carbocycles. The molecular formula is C8H4F3N. The highest BCUT2D eigenvalue weighted by Crippen LogP contribution is 2.15. The largest absolute Gasteiger partial charge is 0.207 e. The fourth-order valence-corrected chi connectivity index (χ4v) is 0.810. The SMILES string of the molecule is N#CCc1c(F)ccc(F)c1F. The minimum atomic E-state index is -1.28. The number of rotatable bonds is 1. The molecule has 0 bridgehead atoms. The lowest BCUT2D eigenvalue weighted by atomic mass is 10.1. The van der Waals surface area contributed by atoms with Crippen molar-refractivity contribution in [3.8, 4) is 6.07 Å². The minimum Gasteiger partial charge on any atom is -0.207 e. The van der Waals surface area contributed by atoms with Crippen molar-refractivity contribution in [2.45, 2.75) is 6.42 Å². The van der Waals surface area contributed by atoms with Gasteiger partial charge < -0.3 is 0 Å². The van der Waals surface area contributed by atoms with Gasteiger partial charge >= 0.3 is 0 Å². The maximum atomic E-state index is 12.7. The predicted molar refractivity (Wildman–Crippen MR) is 35.6 cm³/mol. The molecule has 1 rings (SSSR count). The number of hydrogen-bond acceptors (Lipinski definition) is 1. The van der Waals surface area contributed by atoms with E-state index < -0.39 is 29.4 Å². The maximum Gasteiger partial charge on any atom is 0.165 e. The Labute approximate surface area is 67.1 Å². The minimum absolute atomic E-state index is 0.463. The Bertz CT molecular complexity index is 341. The molecule has 0 atom stereocenters. The van der Waals surface area contributed by atoms with Crippen molar-refractivity contribution < 1.29 is 13.2 Å². The molecule has 1 aromatic carbocycles. The molecule has 1 nitrogen and oxygen atoms in total. The lowest BCUT2D eigenvalue weighted by Gasteiger charge is -1.99. The van der Waals surface area contributed by atoms with E-state index in [4.69, 9.17) is 5.26 Å². The fourth-order valence-electron chi connectivity index (χ4n) is 0.810. The van der Waals surface area contributed by atoms with E-state index in [0.29, 0.717) is 6.07 Å². The number of nitriles is 1. The van der Waals surface area contributed by atoms with E-state index in [1.165, 1.54) is 0 Å². The lowest BCUT2D eigenvalue weighted by Crippen LogP contribution is -1.97. The van der Waals surface area contributed by atoms with Gasteiger partial charge in [-0.1, -0.05) is 0 Å². The third-order valence-corrected chi connectivity index (χ3v) is 1.39. The Hall–Kier alpha value is -1.50. The van der Waals surface area contributed by atoms with Gasteiger partial charge in [-0.25, -0.2) is 13.2 Å². The van der Waals surface area contributed by atoms with Crippen LogP contribution < -0.4 is 0 Å². The van der Waals surface area contributed by atoms with E-state index >= 15 is 0 Å². The maximum absolute atomic E-state index is 12.7. The smallest absolute Gasteiger partial charge is 0.165 e. The first-order valence-electron chi connectivity index (χ1n) is 3.16. The Morgan fingerprint density at radius 3 is 2.33 bits per heavy atom. The third-order valence-electron chi connectivity index (χ3n) is 1.39. The van der Waals surface area contributed by atoms with Crippen molar-refractivity contribution in [2.24, 2.45) is 0 Å². The number of nitrogens with zero attached hydrogens (tertiary/aromatic N) is 1. The van der Waals surface area contributed by atoms with Crippen molar-refractivity contribution in [1.29, 1.82) is 5.26 Å². The van der Waals surface area contributed by atoms with Gasteiger partial charge in [-0.05, 0) is 12.1 Å². The van der Waals surface area contributed by atoms with Crippen molar-refractivity contribution in [3.05, 3.63) is 35.1 Å². The van der Waals surface area contributed by atoms with Crippen molar-refractivity contribution in [2.75, 3.05) is 0 Å². The zero-order valence-corrected chi connectivity index (χ0v) is 5.94. The first-order valence-corrected chi connectivity index (χ1v) is 3.16. The van der Waals surface area contributed by atoms with Gasteiger partial charge in [-0.3, -0.25) is 0 Å². The van der Waals surface area contributed by atoms with Crippen LogP contribution in [0.25, 0.3) is 0 Å². The van der Waals surface area contributed by atoms with Gasteiger partial charge in [-0.15, -0.1) is 0 Å². The van der Waals surface area contributed by atoms with Gasteiger partial charge in [0.2, 0.25) is 0 Å². The van der Waals surface area contributed by atoms with Crippen LogP contribution in [-0.4, -0.2) is 0 Å². The average Bonchev–Trinajstić information content (AvgIpc) is 2.06. The number of halogens is 3. The van der Waals surface area contributed by atoms with Gasteiger partial charge in [0.1, 0.15) is 5.82 Å². The molecular weight excluding hydrogens is 167 g/mol. The summed E-state index contributed by atoms with van der Waals surface area (Å²) in [6, 6.07) is 3.03. The van der Waals surface area contributed by atoms with Crippen LogP contribution in [-0.2, 0) is 6.42 Å². The molecule has 0 amide bonds. The molecule has 4 heteroatoms. The van der Waals surface area contributed by atoms with Crippen LogP contribution in [0.5, 0.6) is 0 Å². The van der Waals surface area contributed by atoms with Crippen LogP contribution in [0, 0.1) is 28.8 Å². The van der Waals surface area contributed by atoms with Crippen LogP contribution in [0.4, 0.5) is 13.2 Å². The van der Waals surface area contributed by atoms with Crippen LogP contribution >= 0.6 is 0 Å². The molecule has 0 saturated heterocycles. The normalized spacial score (nSPS) is 9.50. The summed E-state index contributed by atoms with van der Waals surface area (Å²) >= 11 is 0. The Kier molecular flexibility index (Phi) is 2.34. The highest BCUT2D eigenvalue weighted by molar-refractivity contribution is 5.23. The summed E-state index contributed by atoms with van der Waals surface area (Å²) in [5.74, 6) is -3.31. The van der Waals surface area contributed by atoms with E-state index in [2.05, 4.69) is 0 Å². The number of benzene rings is 1. The molecule has 0 unspecified atom stereocenters. The summed E-state index contributed by atoms with van der Waals surface area (Å²) in [5, 5.41) is 8.15. The second-order valence-electron chi connectivity index (χ2n) is 2.16. The molecule has 12 heavy (non-hydrogen) atoms. The molecule has 0 saturated carbocycles. The molecule has 1 aromatic rings. The Morgan fingerprint density at radius 2 is 1.75 bits per heavy atom. The van der Waals surface area contributed by atoms with Gasteiger partial charge in [0, 0.05) is 5.56 Å². The summed E-state index contributed by atoms with van der Waals surface area (Å²) in [6.07, 6.45) is -0.463. The second kappa shape index (κ2) is 3.26. The van der Waals surface area contributed by atoms with Gasteiger partial charge in [0.25, 0.3) is 0 Å². The standard InChI is InChI=1S/C8H4F3N/c9-6-1-2-7(10)8(11)5(6)3-4-12/h1-2H,3H2. The van der Waals surface area contributed by atoms with Crippen LogP contribution in [0.1, 0.15) is 5.56 Å². The summed E-state index contributed by atoms with van der Waals surface area (Å²) in [4.78, 5) is 0. The highest BCUT2D eigenvalue weighted by atomic mass is 19.2. The van der Waals surface area contributed by atoms with E-state index in [1.54, 1.807) is 6.07 Å². The summed E-state index contributed by atoms with van der Waals surface area (Å²) in [7, 11) is 0. The first kappa shape index (κ1) is 8.60. The summed E-state index contributed by atoms with van der Waals surface area (Å²) in [5.41, 5.74) is -0.516. The third kappa shape index (κ3) is 1.40. The van der Waals surface area contributed by atoms with Crippen LogP contribution in [0.15, 0.2) is 12.1 Å². The van der Waals surface area contributed by atoms with Gasteiger partial charge in [0.05, 0.1) is 12.5 Å². The molecule has 0 aliphatic heterocycles. The number of hydrogen-bond donors (Lipinski definition) is 0. The van der Waals surface area contributed by atoms with E-state index in [1.807, 2.05) is 0 Å². The zero-order chi connectivity index (χ0) is 9.14. The zero-order valence-electron chi connectivity index (χ0n) is 5.94. The average molecular weight is 171 g/mol. The molecule has 62 valence electrons. The molecule has 0 spiro atoms. The Balaban J connectivity index is 3.25. The van der Waals surface area contributed by atoms with Crippen LogP contribution in [0.2, 0.25) is 0 Å². The molecule has 0 heterocycles. The first-order chi connectivity index (χ1) is 5.66. The van der Waals surface area contributed by atoms with Crippen molar-refractivity contribution >= 4 is 0 Å². The molecule has 0 aromatic heterocycles. The quantitative estimate of drug-likeness (QED) is 0.594.